The third kappa shape index (κ3) is 3.66. The number of halogens is 1. The lowest BCUT2D eigenvalue weighted by Gasteiger charge is -2.17. The summed E-state index contributed by atoms with van der Waals surface area (Å²) < 4.78 is 5.11. The largest absolute Gasteiger partial charge is 0.495 e. The van der Waals surface area contributed by atoms with Gasteiger partial charge in [-0.3, -0.25) is 14.4 Å². The van der Waals surface area contributed by atoms with E-state index >= 15 is 0 Å². The molecule has 3 aromatic carbocycles. The third-order valence-corrected chi connectivity index (χ3v) is 5.46. The first-order valence-corrected chi connectivity index (χ1v) is 9.93. The van der Waals surface area contributed by atoms with Crippen LogP contribution in [0.5, 0.6) is 5.75 Å². The summed E-state index contributed by atoms with van der Waals surface area (Å²) in [5, 5.41) is 3.10. The lowest BCUT2D eigenvalue weighted by atomic mass is 10.1. The number of carbonyl (C=O) groups excluding carboxylic acids is 3. The molecule has 0 atom stereocenters. The van der Waals surface area contributed by atoms with Crippen LogP contribution in [0.4, 0.5) is 11.4 Å². The molecule has 0 aliphatic carbocycles. The number of ether oxygens (including phenoxy) is 1. The number of benzene rings is 3. The van der Waals surface area contributed by atoms with Gasteiger partial charge in [0.25, 0.3) is 17.7 Å². The van der Waals surface area contributed by atoms with Crippen molar-refractivity contribution < 1.29 is 19.1 Å². The average molecular weight is 435 g/mol. The molecule has 1 aliphatic heterocycles. The first-order chi connectivity index (χ1) is 14.8. The molecule has 0 aromatic heterocycles. The van der Waals surface area contributed by atoms with Crippen molar-refractivity contribution in [2.45, 2.75) is 13.8 Å². The lowest BCUT2D eigenvalue weighted by Crippen LogP contribution is -2.30. The fourth-order valence-corrected chi connectivity index (χ4v) is 3.77. The van der Waals surface area contributed by atoms with Crippen molar-refractivity contribution in [3.63, 3.8) is 0 Å². The van der Waals surface area contributed by atoms with Gasteiger partial charge in [0.05, 0.1) is 28.9 Å². The van der Waals surface area contributed by atoms with Gasteiger partial charge in [-0.25, -0.2) is 4.90 Å². The molecule has 31 heavy (non-hydrogen) atoms. The number of aryl methyl sites for hydroxylation is 2. The quantitative estimate of drug-likeness (QED) is 0.585. The number of carbonyl (C=O) groups is 3. The number of anilines is 2. The minimum Gasteiger partial charge on any atom is -0.495 e. The monoisotopic (exact) mass is 434 g/mol. The highest BCUT2D eigenvalue weighted by atomic mass is 35.5. The Bertz CT molecular complexity index is 1250. The zero-order valence-corrected chi connectivity index (χ0v) is 17.9. The van der Waals surface area contributed by atoms with Gasteiger partial charge in [0, 0.05) is 11.3 Å². The highest BCUT2D eigenvalue weighted by molar-refractivity contribution is 6.35. The molecule has 156 valence electrons. The highest BCUT2D eigenvalue weighted by Crippen LogP contribution is 2.32. The summed E-state index contributed by atoms with van der Waals surface area (Å²) in [6.45, 7) is 3.74. The van der Waals surface area contributed by atoms with E-state index in [1.807, 2.05) is 26.0 Å². The minimum absolute atomic E-state index is 0.200. The highest BCUT2D eigenvalue weighted by Gasteiger charge is 2.37. The van der Waals surface area contributed by atoms with E-state index in [2.05, 4.69) is 5.32 Å². The molecule has 0 radical (unpaired) electrons. The van der Waals surface area contributed by atoms with E-state index in [-0.39, 0.29) is 16.7 Å². The molecule has 1 N–H and O–H groups in total. The van der Waals surface area contributed by atoms with E-state index in [1.165, 1.54) is 25.3 Å². The Morgan fingerprint density at radius 3 is 2.39 bits per heavy atom. The maximum absolute atomic E-state index is 13.1. The molecule has 4 rings (SSSR count). The van der Waals surface area contributed by atoms with Gasteiger partial charge < -0.3 is 10.1 Å². The number of amides is 3. The summed E-state index contributed by atoms with van der Waals surface area (Å²) in [7, 11) is 1.50. The van der Waals surface area contributed by atoms with Gasteiger partial charge in [0.1, 0.15) is 5.75 Å². The number of nitrogens with zero attached hydrogens (tertiary/aromatic N) is 1. The fraction of sp³-hybridized carbons (Fsp3) is 0.125. The molecule has 3 aromatic rings. The molecule has 0 saturated heterocycles. The number of nitrogens with one attached hydrogen (secondary N) is 1. The molecule has 1 heterocycles. The van der Waals surface area contributed by atoms with E-state index in [1.54, 1.807) is 24.3 Å². The van der Waals surface area contributed by atoms with Crippen LogP contribution >= 0.6 is 11.6 Å². The van der Waals surface area contributed by atoms with Crippen molar-refractivity contribution in [3.05, 3.63) is 87.4 Å². The Morgan fingerprint density at radius 1 is 0.935 bits per heavy atom. The fourth-order valence-electron chi connectivity index (χ4n) is 3.51. The van der Waals surface area contributed by atoms with Crippen LogP contribution in [0.1, 0.15) is 42.2 Å². The SMILES string of the molecule is COc1ccc(NC(=O)c2ccc3c(c2)C(=O)N(c2cc(C)ccc2C)C3=O)cc1Cl. The minimum atomic E-state index is -0.448. The summed E-state index contributed by atoms with van der Waals surface area (Å²) in [6.07, 6.45) is 0. The molecule has 0 unspecified atom stereocenters. The number of fused-ring (bicyclic) bond motifs is 1. The molecule has 7 heteroatoms. The third-order valence-electron chi connectivity index (χ3n) is 5.16. The van der Waals surface area contributed by atoms with Crippen LogP contribution in [0.2, 0.25) is 5.02 Å². The predicted molar refractivity (Wildman–Crippen MR) is 119 cm³/mol. The number of rotatable bonds is 4. The van der Waals surface area contributed by atoms with Crippen molar-refractivity contribution in [2.24, 2.45) is 0 Å². The van der Waals surface area contributed by atoms with Crippen LogP contribution in [-0.4, -0.2) is 24.8 Å². The van der Waals surface area contributed by atoms with Gasteiger partial charge >= 0.3 is 0 Å². The lowest BCUT2D eigenvalue weighted by molar-refractivity contribution is 0.0925. The number of imide groups is 1. The molecule has 1 aliphatic rings. The second-order valence-corrected chi connectivity index (χ2v) is 7.71. The number of methoxy groups -OCH3 is 1. The maximum atomic E-state index is 13.1. The van der Waals surface area contributed by atoms with E-state index < -0.39 is 17.7 Å². The standard InChI is InChI=1S/C24H19ClN2O4/c1-13-4-5-14(2)20(10-13)27-23(29)17-8-6-15(11-18(17)24(27)30)22(28)26-16-7-9-21(31-3)19(25)12-16/h4-12H,1-3H3,(H,26,28). The number of hydrogen-bond acceptors (Lipinski definition) is 4. The van der Waals surface area contributed by atoms with Gasteiger partial charge in [0.2, 0.25) is 0 Å². The van der Waals surface area contributed by atoms with Crippen molar-refractivity contribution in [3.8, 4) is 5.75 Å². The normalized spacial score (nSPS) is 12.7. The van der Waals surface area contributed by atoms with Crippen LogP contribution in [0.15, 0.2) is 54.6 Å². The number of hydrogen-bond donors (Lipinski definition) is 1. The zero-order chi connectivity index (χ0) is 22.3. The van der Waals surface area contributed by atoms with Crippen LogP contribution in [-0.2, 0) is 0 Å². The van der Waals surface area contributed by atoms with Crippen LogP contribution in [0.25, 0.3) is 0 Å². The van der Waals surface area contributed by atoms with Gasteiger partial charge in [-0.05, 0) is 67.4 Å². The first kappa shape index (κ1) is 20.6. The van der Waals surface area contributed by atoms with E-state index in [9.17, 15) is 14.4 Å². The van der Waals surface area contributed by atoms with Crippen molar-refractivity contribution in [1.82, 2.24) is 0 Å². The second-order valence-electron chi connectivity index (χ2n) is 7.30. The Morgan fingerprint density at radius 2 is 1.68 bits per heavy atom. The molecule has 0 fully saturated rings. The van der Waals surface area contributed by atoms with Gasteiger partial charge in [-0.1, -0.05) is 23.7 Å². The van der Waals surface area contributed by atoms with Gasteiger partial charge in [-0.2, -0.15) is 0 Å². The molecule has 6 nitrogen and oxygen atoms in total. The summed E-state index contributed by atoms with van der Waals surface area (Å²) in [5.41, 5.74) is 3.52. The maximum Gasteiger partial charge on any atom is 0.266 e. The summed E-state index contributed by atoms with van der Waals surface area (Å²) in [6, 6.07) is 14.9. The Balaban J connectivity index is 1.63. The average Bonchev–Trinajstić information content (AvgIpc) is 2.99. The molecule has 3 amide bonds. The Kier molecular flexibility index (Phi) is 5.25. The van der Waals surface area contributed by atoms with Gasteiger partial charge in [-0.15, -0.1) is 0 Å². The van der Waals surface area contributed by atoms with Crippen LogP contribution in [0, 0.1) is 13.8 Å². The molecule has 0 saturated carbocycles. The predicted octanol–water partition coefficient (Wildman–Crippen LogP) is 5.02. The summed E-state index contributed by atoms with van der Waals surface area (Å²) in [4.78, 5) is 39.9. The Hall–Kier alpha value is -3.64. The zero-order valence-electron chi connectivity index (χ0n) is 17.2. The van der Waals surface area contributed by atoms with Crippen molar-refractivity contribution >= 4 is 40.7 Å². The van der Waals surface area contributed by atoms with E-state index in [0.29, 0.717) is 22.1 Å². The topological polar surface area (TPSA) is 75.7 Å². The van der Waals surface area contributed by atoms with Gasteiger partial charge in [0.15, 0.2) is 0 Å². The van der Waals surface area contributed by atoms with Crippen LogP contribution < -0.4 is 15.0 Å². The summed E-state index contributed by atoms with van der Waals surface area (Å²) in [5.74, 6) is -0.777. The second kappa shape index (κ2) is 7.89. The Labute approximate surface area is 184 Å². The molecule has 0 spiro atoms. The smallest absolute Gasteiger partial charge is 0.266 e. The molecular formula is C24H19ClN2O4. The first-order valence-electron chi connectivity index (χ1n) is 9.55. The molecular weight excluding hydrogens is 416 g/mol. The van der Waals surface area contributed by atoms with Crippen molar-refractivity contribution in [2.75, 3.05) is 17.3 Å². The van der Waals surface area contributed by atoms with E-state index in [0.717, 1.165) is 16.0 Å². The van der Waals surface area contributed by atoms with E-state index in [4.69, 9.17) is 16.3 Å². The molecule has 0 bridgehead atoms. The van der Waals surface area contributed by atoms with Crippen molar-refractivity contribution in [1.29, 1.82) is 0 Å². The summed E-state index contributed by atoms with van der Waals surface area (Å²) >= 11 is 6.11. The van der Waals surface area contributed by atoms with Crippen LogP contribution in [0.3, 0.4) is 0 Å².